The van der Waals surface area contributed by atoms with E-state index in [-0.39, 0.29) is 6.10 Å². The van der Waals surface area contributed by atoms with Crippen LogP contribution in [-0.2, 0) is 4.74 Å². The Labute approximate surface area is 62.4 Å². The molecule has 10 heavy (non-hydrogen) atoms. The highest BCUT2D eigenvalue weighted by molar-refractivity contribution is 5.28. The van der Waals surface area contributed by atoms with E-state index in [1.165, 1.54) is 5.57 Å². The number of ether oxygens (including phenoxy) is 1. The molecular formula is C9H14O. The smallest absolute Gasteiger partial charge is 0.0793 e. The molecule has 0 saturated carbocycles. The van der Waals surface area contributed by atoms with E-state index in [0.29, 0.717) is 0 Å². The van der Waals surface area contributed by atoms with E-state index in [9.17, 15) is 0 Å². The fraction of sp³-hybridized carbons (Fsp3) is 0.556. The molecule has 1 aliphatic carbocycles. The first-order valence-electron chi connectivity index (χ1n) is 3.82. The van der Waals surface area contributed by atoms with Gasteiger partial charge in [-0.2, -0.15) is 0 Å². The Morgan fingerprint density at radius 3 is 3.00 bits per heavy atom. The van der Waals surface area contributed by atoms with E-state index in [1.807, 2.05) is 6.92 Å². The minimum atomic E-state index is 0.281. The quantitative estimate of drug-likeness (QED) is 0.581. The van der Waals surface area contributed by atoms with Gasteiger partial charge in [0.05, 0.1) is 6.10 Å². The van der Waals surface area contributed by atoms with E-state index in [0.717, 1.165) is 13.0 Å². The lowest BCUT2D eigenvalue weighted by atomic mass is 10.2. The third-order valence-corrected chi connectivity index (χ3v) is 1.69. The third kappa shape index (κ3) is 1.71. The van der Waals surface area contributed by atoms with Crippen LogP contribution in [-0.4, -0.2) is 12.7 Å². The largest absolute Gasteiger partial charge is 0.374 e. The molecule has 0 radical (unpaired) electrons. The van der Waals surface area contributed by atoms with Crippen molar-refractivity contribution in [3.05, 3.63) is 23.8 Å². The maximum absolute atomic E-state index is 5.41. The summed E-state index contributed by atoms with van der Waals surface area (Å²) in [5.41, 5.74) is 1.32. The lowest BCUT2D eigenvalue weighted by molar-refractivity contribution is 0.104. The average Bonchev–Trinajstić information content (AvgIpc) is 2.38. The molecule has 0 aromatic carbocycles. The Balaban J connectivity index is 2.40. The summed E-state index contributed by atoms with van der Waals surface area (Å²) in [5.74, 6) is 0. The molecule has 0 saturated heterocycles. The summed E-state index contributed by atoms with van der Waals surface area (Å²) in [7, 11) is 0. The van der Waals surface area contributed by atoms with Gasteiger partial charge in [0.1, 0.15) is 0 Å². The van der Waals surface area contributed by atoms with Crippen molar-refractivity contribution in [2.45, 2.75) is 26.4 Å². The van der Waals surface area contributed by atoms with Crippen LogP contribution in [0.25, 0.3) is 0 Å². The van der Waals surface area contributed by atoms with Gasteiger partial charge in [0.15, 0.2) is 0 Å². The van der Waals surface area contributed by atoms with Crippen LogP contribution in [0.5, 0.6) is 0 Å². The lowest BCUT2D eigenvalue weighted by Crippen LogP contribution is -2.08. The zero-order valence-corrected chi connectivity index (χ0v) is 6.63. The van der Waals surface area contributed by atoms with E-state index in [2.05, 4.69) is 25.2 Å². The van der Waals surface area contributed by atoms with Crippen LogP contribution in [0, 0.1) is 0 Å². The summed E-state index contributed by atoms with van der Waals surface area (Å²) in [6, 6.07) is 0. The summed E-state index contributed by atoms with van der Waals surface area (Å²) in [4.78, 5) is 0. The molecule has 1 rings (SSSR count). The van der Waals surface area contributed by atoms with Gasteiger partial charge in [0.2, 0.25) is 0 Å². The van der Waals surface area contributed by atoms with E-state index in [4.69, 9.17) is 4.74 Å². The minimum absolute atomic E-state index is 0.281. The molecule has 0 aromatic heterocycles. The predicted molar refractivity (Wildman–Crippen MR) is 42.9 cm³/mol. The molecular weight excluding hydrogens is 124 g/mol. The van der Waals surface area contributed by atoms with Gasteiger partial charge in [-0.05, 0) is 25.8 Å². The molecule has 1 aliphatic rings. The molecule has 1 atom stereocenters. The Bertz CT molecular complexity index is 156. The Hall–Kier alpha value is -0.560. The second-order valence-corrected chi connectivity index (χ2v) is 2.44. The molecule has 0 amide bonds. The maximum atomic E-state index is 5.41. The first-order chi connectivity index (χ1) is 4.84. The monoisotopic (exact) mass is 138 g/mol. The van der Waals surface area contributed by atoms with Crippen LogP contribution in [0.2, 0.25) is 0 Å². The normalized spacial score (nSPS) is 19.2. The van der Waals surface area contributed by atoms with Gasteiger partial charge in [-0.3, -0.25) is 0 Å². The highest BCUT2D eigenvalue weighted by Gasteiger charge is 2.06. The number of hydrogen-bond donors (Lipinski definition) is 0. The molecule has 0 fully saturated rings. The fourth-order valence-electron chi connectivity index (χ4n) is 1.12. The molecule has 0 heterocycles. The Kier molecular flexibility index (Phi) is 2.69. The standard InChI is InChI=1S/C9H14O/c1-3-10-8(2)9-6-4-5-7-9/h4,6-8H,3,5H2,1-2H3. The van der Waals surface area contributed by atoms with Gasteiger partial charge in [-0.1, -0.05) is 18.2 Å². The Morgan fingerprint density at radius 1 is 1.70 bits per heavy atom. The van der Waals surface area contributed by atoms with Gasteiger partial charge in [-0.15, -0.1) is 0 Å². The SMILES string of the molecule is CCOC(C)C1=CCC=C1. The second kappa shape index (κ2) is 3.57. The molecule has 1 heteroatoms. The molecule has 56 valence electrons. The van der Waals surface area contributed by atoms with Crippen LogP contribution in [0.1, 0.15) is 20.3 Å². The van der Waals surface area contributed by atoms with E-state index >= 15 is 0 Å². The molecule has 0 aromatic rings. The zero-order valence-electron chi connectivity index (χ0n) is 6.63. The minimum Gasteiger partial charge on any atom is -0.374 e. The fourth-order valence-corrected chi connectivity index (χ4v) is 1.12. The first kappa shape index (κ1) is 7.55. The predicted octanol–water partition coefficient (Wildman–Crippen LogP) is 2.30. The van der Waals surface area contributed by atoms with Crippen molar-refractivity contribution in [3.63, 3.8) is 0 Å². The van der Waals surface area contributed by atoms with Crippen molar-refractivity contribution in [2.75, 3.05) is 6.61 Å². The number of allylic oxidation sites excluding steroid dienone is 2. The lowest BCUT2D eigenvalue weighted by Gasteiger charge is -2.10. The molecule has 0 aliphatic heterocycles. The van der Waals surface area contributed by atoms with Crippen molar-refractivity contribution in [3.8, 4) is 0 Å². The summed E-state index contributed by atoms with van der Waals surface area (Å²) in [5, 5.41) is 0. The van der Waals surface area contributed by atoms with Crippen LogP contribution >= 0.6 is 0 Å². The molecule has 1 nitrogen and oxygen atoms in total. The summed E-state index contributed by atoms with van der Waals surface area (Å²) >= 11 is 0. The zero-order chi connectivity index (χ0) is 7.40. The van der Waals surface area contributed by atoms with Crippen molar-refractivity contribution < 1.29 is 4.74 Å². The van der Waals surface area contributed by atoms with Crippen molar-refractivity contribution in [1.82, 2.24) is 0 Å². The third-order valence-electron chi connectivity index (χ3n) is 1.69. The topological polar surface area (TPSA) is 9.23 Å². The van der Waals surface area contributed by atoms with Gasteiger partial charge >= 0.3 is 0 Å². The second-order valence-electron chi connectivity index (χ2n) is 2.44. The Morgan fingerprint density at radius 2 is 2.50 bits per heavy atom. The van der Waals surface area contributed by atoms with Gasteiger partial charge in [-0.25, -0.2) is 0 Å². The van der Waals surface area contributed by atoms with Gasteiger partial charge < -0.3 is 4.74 Å². The van der Waals surface area contributed by atoms with Crippen LogP contribution in [0.3, 0.4) is 0 Å². The van der Waals surface area contributed by atoms with Gasteiger partial charge in [0.25, 0.3) is 0 Å². The van der Waals surface area contributed by atoms with Crippen LogP contribution in [0.4, 0.5) is 0 Å². The molecule has 0 spiro atoms. The van der Waals surface area contributed by atoms with Crippen LogP contribution < -0.4 is 0 Å². The maximum Gasteiger partial charge on any atom is 0.0793 e. The summed E-state index contributed by atoms with van der Waals surface area (Å²) < 4.78 is 5.41. The highest BCUT2D eigenvalue weighted by atomic mass is 16.5. The first-order valence-corrected chi connectivity index (χ1v) is 3.82. The number of rotatable bonds is 3. The van der Waals surface area contributed by atoms with Gasteiger partial charge in [0, 0.05) is 6.61 Å². The average molecular weight is 138 g/mol. The number of hydrogen-bond acceptors (Lipinski definition) is 1. The summed E-state index contributed by atoms with van der Waals surface area (Å²) in [6.07, 6.45) is 7.86. The van der Waals surface area contributed by atoms with E-state index < -0.39 is 0 Å². The van der Waals surface area contributed by atoms with Crippen molar-refractivity contribution in [1.29, 1.82) is 0 Å². The molecule has 1 unspecified atom stereocenters. The summed E-state index contributed by atoms with van der Waals surface area (Å²) in [6.45, 7) is 4.91. The van der Waals surface area contributed by atoms with E-state index in [1.54, 1.807) is 0 Å². The van der Waals surface area contributed by atoms with Crippen molar-refractivity contribution >= 4 is 0 Å². The highest BCUT2D eigenvalue weighted by Crippen LogP contribution is 2.14. The molecule has 0 bridgehead atoms. The molecule has 0 N–H and O–H groups in total. The van der Waals surface area contributed by atoms with Crippen molar-refractivity contribution in [2.24, 2.45) is 0 Å². The van der Waals surface area contributed by atoms with Crippen LogP contribution in [0.15, 0.2) is 23.8 Å².